The quantitative estimate of drug-likeness (QED) is 0.614. The van der Waals surface area contributed by atoms with Crippen LogP contribution in [0.2, 0.25) is 0 Å². The van der Waals surface area contributed by atoms with Crippen molar-refractivity contribution in [1.82, 2.24) is 9.88 Å². The lowest BCUT2D eigenvalue weighted by atomic mass is 10.0. The Morgan fingerprint density at radius 1 is 1.50 bits per heavy atom. The van der Waals surface area contributed by atoms with Crippen LogP contribution in [0.5, 0.6) is 0 Å². The zero-order chi connectivity index (χ0) is 13.9. The third-order valence-electron chi connectivity index (χ3n) is 2.44. The highest BCUT2D eigenvalue weighted by atomic mass is 19.2. The molecule has 0 aliphatic carbocycles. The molecule has 1 heterocycles. The molecular formula is C13H16F2N2O. The second-order valence-corrected chi connectivity index (χ2v) is 4.84. The summed E-state index contributed by atoms with van der Waals surface area (Å²) in [4.78, 5) is 16.8. The third kappa shape index (κ3) is 2.91. The van der Waals surface area contributed by atoms with Gasteiger partial charge in [-0.05, 0) is 26.8 Å². The number of carbonyl (C=O) groups excluding carboxylic acids is 1. The van der Waals surface area contributed by atoms with Crippen LogP contribution < -0.4 is 0 Å². The summed E-state index contributed by atoms with van der Waals surface area (Å²) in [6.45, 7) is 9.24. The number of halogens is 2. The maximum Gasteiger partial charge on any atom is 0.257 e. The van der Waals surface area contributed by atoms with Gasteiger partial charge in [-0.25, -0.2) is 9.37 Å². The van der Waals surface area contributed by atoms with E-state index in [1.54, 1.807) is 6.08 Å². The highest BCUT2D eigenvalue weighted by molar-refractivity contribution is 5.95. The van der Waals surface area contributed by atoms with Gasteiger partial charge in [-0.1, -0.05) is 6.08 Å². The molecule has 0 atom stereocenters. The summed E-state index contributed by atoms with van der Waals surface area (Å²) in [5.74, 6) is -3.07. The molecule has 0 radical (unpaired) electrons. The molecule has 0 bridgehead atoms. The van der Waals surface area contributed by atoms with Gasteiger partial charge in [0.25, 0.3) is 5.91 Å². The van der Waals surface area contributed by atoms with Crippen LogP contribution in [0.25, 0.3) is 0 Å². The zero-order valence-electron chi connectivity index (χ0n) is 10.7. The van der Waals surface area contributed by atoms with Gasteiger partial charge in [0.1, 0.15) is 0 Å². The number of aromatic nitrogens is 1. The van der Waals surface area contributed by atoms with E-state index in [-0.39, 0.29) is 12.1 Å². The maximum atomic E-state index is 13.5. The Balaban J connectivity index is 3.18. The monoisotopic (exact) mass is 254 g/mol. The Morgan fingerprint density at radius 2 is 2.11 bits per heavy atom. The van der Waals surface area contributed by atoms with Crippen molar-refractivity contribution < 1.29 is 13.6 Å². The lowest BCUT2D eigenvalue weighted by Gasteiger charge is -2.35. The predicted octanol–water partition coefficient (Wildman–Crippen LogP) is 2.79. The maximum absolute atomic E-state index is 13.5. The van der Waals surface area contributed by atoms with Crippen LogP contribution in [0.3, 0.4) is 0 Å². The zero-order valence-corrected chi connectivity index (χ0v) is 10.7. The van der Waals surface area contributed by atoms with Gasteiger partial charge in [0.2, 0.25) is 5.95 Å². The minimum absolute atomic E-state index is 0.256. The molecule has 0 aromatic carbocycles. The molecule has 0 unspecified atom stereocenters. The second kappa shape index (κ2) is 5.25. The van der Waals surface area contributed by atoms with E-state index in [4.69, 9.17) is 0 Å². The van der Waals surface area contributed by atoms with Gasteiger partial charge < -0.3 is 4.90 Å². The van der Waals surface area contributed by atoms with Crippen LogP contribution in [0.15, 0.2) is 24.9 Å². The van der Waals surface area contributed by atoms with Crippen molar-refractivity contribution in [1.29, 1.82) is 0 Å². The average Bonchev–Trinajstić information content (AvgIpc) is 2.27. The molecule has 98 valence electrons. The summed E-state index contributed by atoms with van der Waals surface area (Å²) in [5, 5.41) is 0. The number of hydrogen-bond acceptors (Lipinski definition) is 2. The van der Waals surface area contributed by atoms with Crippen LogP contribution >= 0.6 is 0 Å². The minimum atomic E-state index is -1.27. The first kappa shape index (κ1) is 14.3. The fraction of sp³-hybridized carbons (Fsp3) is 0.385. The summed E-state index contributed by atoms with van der Waals surface area (Å²) in [6.07, 6.45) is 2.61. The van der Waals surface area contributed by atoms with E-state index in [9.17, 15) is 13.6 Å². The van der Waals surface area contributed by atoms with Gasteiger partial charge in [-0.3, -0.25) is 4.79 Å². The Hall–Kier alpha value is -1.78. The summed E-state index contributed by atoms with van der Waals surface area (Å²) in [6, 6.07) is 1.17. The second-order valence-electron chi connectivity index (χ2n) is 4.84. The first-order chi connectivity index (χ1) is 8.29. The number of rotatable bonds is 3. The van der Waals surface area contributed by atoms with Crippen LogP contribution in [0, 0.1) is 11.8 Å². The molecule has 1 rings (SSSR count). The number of nitrogens with zero attached hydrogens (tertiary/aromatic N) is 2. The van der Waals surface area contributed by atoms with Crippen molar-refractivity contribution in [2.45, 2.75) is 26.3 Å². The van der Waals surface area contributed by atoms with Gasteiger partial charge in [-0.2, -0.15) is 4.39 Å². The standard InChI is InChI=1S/C13H16F2N2O/c1-5-8-17(13(2,3)4)12(18)9-6-7-16-11(15)10(9)14/h5-7H,1,8H2,2-4H3. The number of pyridine rings is 1. The third-order valence-corrected chi connectivity index (χ3v) is 2.44. The molecule has 0 saturated heterocycles. The van der Waals surface area contributed by atoms with Crippen molar-refractivity contribution in [3.05, 3.63) is 42.2 Å². The molecule has 0 saturated carbocycles. The molecule has 1 aromatic heterocycles. The largest absolute Gasteiger partial charge is 0.330 e. The van der Waals surface area contributed by atoms with Gasteiger partial charge in [0, 0.05) is 18.3 Å². The predicted molar refractivity (Wildman–Crippen MR) is 65.1 cm³/mol. The van der Waals surface area contributed by atoms with Gasteiger partial charge >= 0.3 is 0 Å². The lowest BCUT2D eigenvalue weighted by molar-refractivity contribution is 0.0610. The molecular weight excluding hydrogens is 238 g/mol. The van der Waals surface area contributed by atoms with E-state index in [0.29, 0.717) is 0 Å². The minimum Gasteiger partial charge on any atom is -0.330 e. The van der Waals surface area contributed by atoms with Crippen molar-refractivity contribution in [3.63, 3.8) is 0 Å². The van der Waals surface area contributed by atoms with E-state index < -0.39 is 23.2 Å². The van der Waals surface area contributed by atoms with Gasteiger partial charge in [-0.15, -0.1) is 6.58 Å². The summed E-state index contributed by atoms with van der Waals surface area (Å²) < 4.78 is 26.5. The highest BCUT2D eigenvalue weighted by Crippen LogP contribution is 2.19. The summed E-state index contributed by atoms with van der Waals surface area (Å²) >= 11 is 0. The number of amides is 1. The Morgan fingerprint density at radius 3 is 2.61 bits per heavy atom. The van der Waals surface area contributed by atoms with Gasteiger partial charge in [0.15, 0.2) is 5.82 Å². The molecule has 0 spiro atoms. The molecule has 0 aliphatic heterocycles. The average molecular weight is 254 g/mol. The summed E-state index contributed by atoms with van der Waals surface area (Å²) in [5.41, 5.74) is -0.837. The van der Waals surface area contributed by atoms with Crippen molar-refractivity contribution >= 4 is 5.91 Å². The Labute approximate surface area is 105 Å². The van der Waals surface area contributed by atoms with Gasteiger partial charge in [0.05, 0.1) is 5.56 Å². The molecule has 1 amide bonds. The number of hydrogen-bond donors (Lipinski definition) is 0. The molecule has 18 heavy (non-hydrogen) atoms. The first-order valence-electron chi connectivity index (χ1n) is 5.52. The molecule has 0 aliphatic rings. The van der Waals surface area contributed by atoms with E-state index in [0.717, 1.165) is 6.20 Å². The topological polar surface area (TPSA) is 33.2 Å². The summed E-state index contributed by atoms with van der Waals surface area (Å²) in [7, 11) is 0. The molecule has 0 fully saturated rings. The van der Waals surface area contributed by atoms with Crippen molar-refractivity contribution in [2.75, 3.05) is 6.54 Å². The smallest absolute Gasteiger partial charge is 0.257 e. The SMILES string of the molecule is C=CCN(C(=O)c1ccnc(F)c1F)C(C)(C)C. The van der Waals surface area contributed by atoms with E-state index >= 15 is 0 Å². The van der Waals surface area contributed by atoms with E-state index in [1.165, 1.54) is 11.0 Å². The lowest BCUT2D eigenvalue weighted by Crippen LogP contribution is -2.46. The van der Waals surface area contributed by atoms with Crippen LogP contribution in [0.4, 0.5) is 8.78 Å². The van der Waals surface area contributed by atoms with Crippen LogP contribution in [-0.2, 0) is 0 Å². The van der Waals surface area contributed by atoms with Crippen LogP contribution in [0.1, 0.15) is 31.1 Å². The fourth-order valence-corrected chi connectivity index (χ4v) is 1.52. The van der Waals surface area contributed by atoms with E-state index in [2.05, 4.69) is 11.6 Å². The normalized spacial score (nSPS) is 11.2. The Bertz CT molecular complexity index is 467. The van der Waals surface area contributed by atoms with Crippen LogP contribution in [-0.4, -0.2) is 27.9 Å². The van der Waals surface area contributed by atoms with Crippen molar-refractivity contribution in [3.8, 4) is 0 Å². The fourth-order valence-electron chi connectivity index (χ4n) is 1.52. The number of carbonyl (C=O) groups is 1. The van der Waals surface area contributed by atoms with E-state index in [1.807, 2.05) is 20.8 Å². The Kier molecular flexibility index (Phi) is 4.16. The molecule has 0 N–H and O–H groups in total. The highest BCUT2D eigenvalue weighted by Gasteiger charge is 2.28. The first-order valence-corrected chi connectivity index (χ1v) is 5.52. The molecule has 5 heteroatoms. The van der Waals surface area contributed by atoms with Crippen molar-refractivity contribution in [2.24, 2.45) is 0 Å². The molecule has 1 aromatic rings. The molecule has 3 nitrogen and oxygen atoms in total.